The normalized spacial score (nSPS) is 26.2. The Balaban J connectivity index is 0. The molecule has 0 amide bonds. The Hall–Kier alpha value is -0.320. The zero-order valence-corrected chi connectivity index (χ0v) is 21.7. The van der Waals surface area contributed by atoms with Crippen molar-refractivity contribution in [1.82, 2.24) is 0 Å². The van der Waals surface area contributed by atoms with E-state index < -0.39 is 24.4 Å². The lowest BCUT2D eigenvalue weighted by molar-refractivity contribution is -0.107. The predicted molar refractivity (Wildman–Crippen MR) is 127 cm³/mol. The van der Waals surface area contributed by atoms with Gasteiger partial charge in [-0.25, -0.2) is 0 Å². The van der Waals surface area contributed by atoms with Gasteiger partial charge in [0.2, 0.25) is 0 Å². The summed E-state index contributed by atoms with van der Waals surface area (Å²) in [6.45, 7) is 12.0. The maximum Gasteiger partial charge on any atom is 0.0836 e. The molecule has 2 aliphatic heterocycles. The molecule has 2 aliphatic rings. The van der Waals surface area contributed by atoms with Crippen LogP contribution in [-0.2, 0) is 18.9 Å². The van der Waals surface area contributed by atoms with Crippen LogP contribution in [0.1, 0.15) is 80.1 Å². The molecular formula is C24H52O8. The van der Waals surface area contributed by atoms with E-state index in [1.165, 1.54) is 38.5 Å². The van der Waals surface area contributed by atoms with Crippen LogP contribution in [0.25, 0.3) is 0 Å². The van der Waals surface area contributed by atoms with E-state index in [0.29, 0.717) is 12.2 Å². The molecule has 2 saturated heterocycles. The second-order valence-corrected chi connectivity index (χ2v) is 8.65. The minimum Gasteiger partial charge on any atom is -0.391 e. The molecule has 0 aliphatic carbocycles. The van der Waals surface area contributed by atoms with Crippen LogP contribution in [0.2, 0.25) is 0 Å². The largest absolute Gasteiger partial charge is 0.391 e. The fraction of sp³-hybridized carbons (Fsp3) is 1.00. The Morgan fingerprint density at radius 3 is 1.00 bits per heavy atom. The van der Waals surface area contributed by atoms with E-state index in [0.717, 1.165) is 13.2 Å². The van der Waals surface area contributed by atoms with Gasteiger partial charge in [0.25, 0.3) is 0 Å². The van der Waals surface area contributed by atoms with E-state index in [2.05, 4.69) is 0 Å². The van der Waals surface area contributed by atoms with Crippen molar-refractivity contribution in [3.05, 3.63) is 0 Å². The lowest BCUT2D eigenvalue weighted by Crippen LogP contribution is -2.36. The van der Waals surface area contributed by atoms with Crippen LogP contribution in [-0.4, -0.2) is 96.7 Å². The highest BCUT2D eigenvalue weighted by Crippen LogP contribution is 2.24. The Morgan fingerprint density at radius 1 is 0.562 bits per heavy atom. The van der Waals surface area contributed by atoms with E-state index in [1.807, 2.05) is 13.8 Å². The van der Waals surface area contributed by atoms with Gasteiger partial charge in [-0.2, -0.15) is 0 Å². The fourth-order valence-electron chi connectivity index (χ4n) is 2.50. The highest BCUT2D eigenvalue weighted by Gasteiger charge is 2.26. The van der Waals surface area contributed by atoms with Crippen molar-refractivity contribution >= 4 is 0 Å². The molecular weight excluding hydrogens is 416 g/mol. The molecule has 32 heavy (non-hydrogen) atoms. The first-order chi connectivity index (χ1) is 15.0. The summed E-state index contributed by atoms with van der Waals surface area (Å²) >= 11 is 0. The smallest absolute Gasteiger partial charge is 0.0836 e. The van der Waals surface area contributed by atoms with E-state index in [1.54, 1.807) is 41.9 Å². The summed E-state index contributed by atoms with van der Waals surface area (Å²) in [5, 5.41) is 33.5. The second kappa shape index (κ2) is 21.2. The molecule has 0 saturated carbocycles. The molecule has 0 bridgehead atoms. The Kier molecular flexibility index (Phi) is 22.5. The van der Waals surface area contributed by atoms with Gasteiger partial charge in [0, 0.05) is 27.4 Å². The van der Waals surface area contributed by atoms with E-state index in [9.17, 15) is 0 Å². The molecule has 8 nitrogen and oxygen atoms in total. The van der Waals surface area contributed by atoms with E-state index in [4.69, 9.17) is 39.4 Å². The minimum atomic E-state index is -0.593. The first kappa shape index (κ1) is 33.9. The topological polar surface area (TPSA) is 118 Å². The van der Waals surface area contributed by atoms with Crippen molar-refractivity contribution in [3.63, 3.8) is 0 Å². The molecule has 4 N–H and O–H groups in total. The van der Waals surface area contributed by atoms with Gasteiger partial charge < -0.3 is 39.4 Å². The standard InChI is InChI=1S/C10H18O2.C6H14O2.2C4H10O2/c1-3-7-11-9(5-1)10-6-2-4-8-12-10;1-5(7-3)6(2)8-4;2*1-3(5)4(2)6/h9-10H,1-8H2;5-6H,1-4H3;2*3-6H,1-2H3/t9-,10-;5-,6-;;/m00../s1. The quantitative estimate of drug-likeness (QED) is 0.470. The zero-order chi connectivity index (χ0) is 25.1. The summed E-state index contributed by atoms with van der Waals surface area (Å²) < 4.78 is 21.3. The highest BCUT2D eigenvalue weighted by atomic mass is 16.5. The summed E-state index contributed by atoms with van der Waals surface area (Å²) in [7, 11) is 3.36. The molecule has 2 fully saturated rings. The van der Waals surface area contributed by atoms with Crippen molar-refractivity contribution in [2.75, 3.05) is 27.4 Å². The molecule has 2 rings (SSSR count). The van der Waals surface area contributed by atoms with Crippen molar-refractivity contribution in [2.24, 2.45) is 0 Å². The highest BCUT2D eigenvalue weighted by molar-refractivity contribution is 4.76. The van der Waals surface area contributed by atoms with E-state index >= 15 is 0 Å². The van der Waals surface area contributed by atoms with Gasteiger partial charge in [0.15, 0.2) is 0 Å². The van der Waals surface area contributed by atoms with Crippen LogP contribution in [0.5, 0.6) is 0 Å². The van der Waals surface area contributed by atoms with Gasteiger partial charge in [-0.3, -0.25) is 0 Å². The lowest BCUT2D eigenvalue weighted by Gasteiger charge is -2.32. The van der Waals surface area contributed by atoms with Gasteiger partial charge >= 0.3 is 0 Å². The first-order valence-electron chi connectivity index (χ1n) is 12.0. The first-order valence-corrected chi connectivity index (χ1v) is 12.0. The maximum absolute atomic E-state index is 8.38. The van der Waals surface area contributed by atoms with Crippen LogP contribution in [0.4, 0.5) is 0 Å². The van der Waals surface area contributed by atoms with Gasteiger partial charge in [0.1, 0.15) is 0 Å². The Bertz CT molecular complexity index is 330. The van der Waals surface area contributed by atoms with Crippen molar-refractivity contribution in [2.45, 2.75) is 129 Å². The van der Waals surface area contributed by atoms with Gasteiger partial charge in [-0.15, -0.1) is 0 Å². The number of aliphatic hydroxyl groups excluding tert-OH is 4. The van der Waals surface area contributed by atoms with Crippen LogP contribution < -0.4 is 0 Å². The number of rotatable bonds is 6. The van der Waals surface area contributed by atoms with Crippen LogP contribution in [0.3, 0.4) is 0 Å². The molecule has 8 atom stereocenters. The minimum absolute atomic E-state index is 0.194. The molecule has 0 aromatic heterocycles. The molecule has 0 radical (unpaired) electrons. The van der Waals surface area contributed by atoms with Crippen LogP contribution >= 0.6 is 0 Å². The third-order valence-electron chi connectivity index (χ3n) is 5.65. The van der Waals surface area contributed by atoms with Crippen molar-refractivity contribution in [1.29, 1.82) is 0 Å². The average Bonchev–Trinajstić information content (AvgIpc) is 2.80. The molecule has 196 valence electrons. The van der Waals surface area contributed by atoms with Gasteiger partial charge in [-0.05, 0) is 80.1 Å². The summed E-state index contributed by atoms with van der Waals surface area (Å²) in [4.78, 5) is 0. The molecule has 4 unspecified atom stereocenters. The number of ether oxygens (including phenoxy) is 4. The number of methoxy groups -OCH3 is 2. The molecule has 0 aromatic rings. The van der Waals surface area contributed by atoms with Crippen molar-refractivity contribution < 1.29 is 39.4 Å². The molecule has 8 heteroatoms. The summed E-state index contributed by atoms with van der Waals surface area (Å²) in [5.74, 6) is 0. The van der Waals surface area contributed by atoms with Gasteiger partial charge in [-0.1, -0.05) is 0 Å². The van der Waals surface area contributed by atoms with E-state index in [-0.39, 0.29) is 12.2 Å². The summed E-state index contributed by atoms with van der Waals surface area (Å²) in [5.41, 5.74) is 0. The van der Waals surface area contributed by atoms with Gasteiger partial charge in [0.05, 0.1) is 48.8 Å². The third-order valence-corrected chi connectivity index (χ3v) is 5.65. The maximum atomic E-state index is 8.38. The number of aliphatic hydroxyl groups is 4. The summed E-state index contributed by atoms with van der Waals surface area (Å²) in [6.07, 6.45) is 6.40. The Labute approximate surface area is 196 Å². The number of hydrogen-bond donors (Lipinski definition) is 4. The zero-order valence-electron chi connectivity index (χ0n) is 21.7. The number of hydrogen-bond acceptors (Lipinski definition) is 8. The fourth-order valence-corrected chi connectivity index (χ4v) is 2.50. The average molecular weight is 469 g/mol. The predicted octanol–water partition coefficient (Wildman–Crippen LogP) is 2.68. The van der Waals surface area contributed by atoms with Crippen LogP contribution in [0, 0.1) is 0 Å². The molecule has 0 spiro atoms. The molecule has 0 aromatic carbocycles. The lowest BCUT2D eigenvalue weighted by atomic mass is 9.98. The third kappa shape index (κ3) is 19.2. The molecule has 2 heterocycles. The van der Waals surface area contributed by atoms with Crippen LogP contribution in [0.15, 0.2) is 0 Å². The Morgan fingerprint density at radius 2 is 0.844 bits per heavy atom. The second-order valence-electron chi connectivity index (χ2n) is 8.65. The SMILES string of the molecule is C1CC[C@@H]([C@@H]2CCCCO2)OC1.CC(O)C(C)O.CC(O)C(C)O.CO[C@@H](C)[C@H](C)OC. The monoisotopic (exact) mass is 468 g/mol. The van der Waals surface area contributed by atoms with Crippen molar-refractivity contribution in [3.8, 4) is 0 Å². The summed E-state index contributed by atoms with van der Waals surface area (Å²) in [6, 6.07) is 0.